The summed E-state index contributed by atoms with van der Waals surface area (Å²) in [7, 11) is 0. The summed E-state index contributed by atoms with van der Waals surface area (Å²) in [5.74, 6) is 0.500. The van der Waals surface area contributed by atoms with Gasteiger partial charge in [-0.25, -0.2) is 0 Å². The number of ether oxygens (including phenoxy) is 1. The van der Waals surface area contributed by atoms with E-state index in [-0.39, 0.29) is 12.5 Å². The minimum absolute atomic E-state index is 0.260. The predicted molar refractivity (Wildman–Crippen MR) is 123 cm³/mol. The fourth-order valence-electron chi connectivity index (χ4n) is 4.47. The van der Waals surface area contributed by atoms with Crippen LogP contribution >= 0.6 is 0 Å². The minimum atomic E-state index is -0.571. The second-order valence-corrected chi connectivity index (χ2v) is 8.68. The molecule has 2 atom stereocenters. The third-order valence-electron chi connectivity index (χ3n) is 6.09. The molecule has 0 radical (unpaired) electrons. The fraction of sp³-hybridized carbons (Fsp3) is 0.480. The molecule has 1 fully saturated rings. The van der Waals surface area contributed by atoms with Gasteiger partial charge in [0.2, 0.25) is 5.91 Å². The molecule has 0 aromatic heterocycles. The minimum Gasteiger partial charge on any atom is -0.491 e. The highest BCUT2D eigenvalue weighted by atomic mass is 16.5. The monoisotopic (exact) mass is 425 g/mol. The van der Waals surface area contributed by atoms with E-state index in [0.717, 1.165) is 54.2 Å². The van der Waals surface area contributed by atoms with Crippen LogP contribution in [-0.4, -0.2) is 66.2 Å². The summed E-state index contributed by atoms with van der Waals surface area (Å²) in [5, 5.41) is 10.5. The van der Waals surface area contributed by atoms with Crippen LogP contribution in [0.4, 0.5) is 0 Å². The van der Waals surface area contributed by atoms with E-state index in [0.29, 0.717) is 6.54 Å². The van der Waals surface area contributed by atoms with E-state index in [4.69, 9.17) is 10.5 Å². The Morgan fingerprint density at radius 3 is 2.26 bits per heavy atom. The van der Waals surface area contributed by atoms with Crippen molar-refractivity contribution in [2.45, 2.75) is 39.8 Å². The summed E-state index contributed by atoms with van der Waals surface area (Å²) in [4.78, 5) is 16.7. The molecule has 1 amide bonds. The van der Waals surface area contributed by atoms with Crippen molar-refractivity contribution in [3.63, 3.8) is 0 Å². The van der Waals surface area contributed by atoms with Crippen LogP contribution < -0.4 is 10.5 Å². The highest BCUT2D eigenvalue weighted by Crippen LogP contribution is 2.28. The number of primary amides is 1. The van der Waals surface area contributed by atoms with Gasteiger partial charge in [-0.1, -0.05) is 35.9 Å². The SMILES string of the molecule is Cc1ccc(OCC(O)CN2CCN(C(C(N)=O)c3c(C)cccc3C)CC2)c(C)c1. The number of nitrogens with two attached hydrogens (primary N) is 1. The smallest absolute Gasteiger partial charge is 0.239 e. The Morgan fingerprint density at radius 1 is 1.03 bits per heavy atom. The summed E-state index contributed by atoms with van der Waals surface area (Å²) in [6.45, 7) is 11.9. The molecule has 1 heterocycles. The number of β-amino-alcohol motifs (C(OH)–C–C–N with tert-alkyl or cyclic N) is 1. The summed E-state index contributed by atoms with van der Waals surface area (Å²) in [6.07, 6.45) is -0.571. The van der Waals surface area contributed by atoms with E-state index in [2.05, 4.69) is 22.8 Å². The number of aliphatic hydroxyl groups excluding tert-OH is 1. The van der Waals surface area contributed by atoms with Crippen LogP contribution in [0, 0.1) is 27.7 Å². The predicted octanol–water partition coefficient (Wildman–Crippen LogP) is 2.50. The summed E-state index contributed by atoms with van der Waals surface area (Å²) >= 11 is 0. The second kappa shape index (κ2) is 10.3. The van der Waals surface area contributed by atoms with E-state index in [1.807, 2.05) is 51.1 Å². The number of rotatable bonds is 8. The molecule has 168 valence electrons. The molecular weight excluding hydrogens is 390 g/mol. The van der Waals surface area contributed by atoms with Gasteiger partial charge in [-0.3, -0.25) is 14.6 Å². The van der Waals surface area contributed by atoms with Gasteiger partial charge in [0.15, 0.2) is 0 Å². The Kier molecular flexibility index (Phi) is 7.70. The number of aryl methyl sites for hydroxylation is 4. The number of nitrogens with zero attached hydrogens (tertiary/aromatic N) is 2. The molecule has 0 aliphatic carbocycles. The quantitative estimate of drug-likeness (QED) is 0.679. The van der Waals surface area contributed by atoms with E-state index < -0.39 is 12.1 Å². The first-order valence-electron chi connectivity index (χ1n) is 11.0. The molecule has 6 nitrogen and oxygen atoms in total. The lowest BCUT2D eigenvalue weighted by atomic mass is 9.94. The van der Waals surface area contributed by atoms with Crippen molar-refractivity contribution in [1.82, 2.24) is 9.80 Å². The number of amides is 1. The molecule has 1 saturated heterocycles. The average molecular weight is 426 g/mol. The Balaban J connectivity index is 1.54. The first-order chi connectivity index (χ1) is 14.8. The standard InChI is InChI=1S/C25H35N3O3/c1-17-8-9-22(20(4)14-17)31-16-21(29)15-27-10-12-28(13-11-27)24(25(26)30)23-18(2)6-5-7-19(23)3/h5-9,14,21,24,29H,10-13,15-16H2,1-4H3,(H2,26,30). The van der Waals surface area contributed by atoms with Gasteiger partial charge in [0, 0.05) is 32.7 Å². The molecular formula is C25H35N3O3. The molecule has 1 aliphatic heterocycles. The van der Waals surface area contributed by atoms with Crippen LogP contribution in [0.3, 0.4) is 0 Å². The normalized spacial score (nSPS) is 17.3. The zero-order valence-corrected chi connectivity index (χ0v) is 19.1. The Hall–Kier alpha value is -2.41. The Morgan fingerprint density at radius 2 is 1.68 bits per heavy atom. The molecule has 2 aromatic carbocycles. The number of piperazine rings is 1. The van der Waals surface area contributed by atoms with Crippen molar-refractivity contribution in [3.05, 3.63) is 64.2 Å². The van der Waals surface area contributed by atoms with Gasteiger partial charge in [-0.2, -0.15) is 0 Å². The third-order valence-corrected chi connectivity index (χ3v) is 6.09. The molecule has 31 heavy (non-hydrogen) atoms. The van der Waals surface area contributed by atoms with Crippen LogP contribution in [0.1, 0.15) is 33.9 Å². The number of benzene rings is 2. The maximum atomic E-state index is 12.3. The second-order valence-electron chi connectivity index (χ2n) is 8.68. The molecule has 3 rings (SSSR count). The van der Waals surface area contributed by atoms with Gasteiger partial charge in [-0.05, 0) is 56.0 Å². The molecule has 0 saturated carbocycles. The van der Waals surface area contributed by atoms with Crippen LogP contribution in [0.2, 0.25) is 0 Å². The van der Waals surface area contributed by atoms with Gasteiger partial charge in [0.25, 0.3) is 0 Å². The van der Waals surface area contributed by atoms with E-state index in [9.17, 15) is 9.90 Å². The number of hydrogen-bond acceptors (Lipinski definition) is 5. The van der Waals surface area contributed by atoms with Crippen molar-refractivity contribution >= 4 is 5.91 Å². The Labute approximate surface area is 185 Å². The van der Waals surface area contributed by atoms with Crippen LogP contribution in [0.15, 0.2) is 36.4 Å². The largest absolute Gasteiger partial charge is 0.491 e. The molecule has 0 bridgehead atoms. The average Bonchev–Trinajstić information content (AvgIpc) is 2.71. The van der Waals surface area contributed by atoms with Gasteiger partial charge >= 0.3 is 0 Å². The lowest BCUT2D eigenvalue weighted by molar-refractivity contribution is -0.124. The topological polar surface area (TPSA) is 79.0 Å². The summed E-state index contributed by atoms with van der Waals surface area (Å²) in [5.41, 5.74) is 11.3. The van der Waals surface area contributed by atoms with Crippen molar-refractivity contribution in [2.24, 2.45) is 5.73 Å². The zero-order chi connectivity index (χ0) is 22.5. The number of carbonyl (C=O) groups is 1. The van der Waals surface area contributed by atoms with E-state index in [1.165, 1.54) is 5.56 Å². The lowest BCUT2D eigenvalue weighted by Crippen LogP contribution is -2.52. The number of carbonyl (C=O) groups excluding carboxylic acids is 1. The fourth-order valence-corrected chi connectivity index (χ4v) is 4.47. The van der Waals surface area contributed by atoms with Gasteiger partial charge in [-0.15, -0.1) is 0 Å². The van der Waals surface area contributed by atoms with Crippen LogP contribution in [-0.2, 0) is 4.79 Å². The van der Waals surface area contributed by atoms with Crippen LogP contribution in [0.5, 0.6) is 5.75 Å². The molecule has 2 unspecified atom stereocenters. The highest BCUT2D eigenvalue weighted by Gasteiger charge is 2.31. The molecule has 0 spiro atoms. The van der Waals surface area contributed by atoms with Crippen molar-refractivity contribution in [3.8, 4) is 5.75 Å². The first-order valence-corrected chi connectivity index (χ1v) is 11.0. The maximum Gasteiger partial charge on any atom is 0.239 e. The molecule has 6 heteroatoms. The van der Waals surface area contributed by atoms with Crippen molar-refractivity contribution in [2.75, 3.05) is 39.3 Å². The summed E-state index contributed by atoms with van der Waals surface area (Å²) in [6, 6.07) is 11.7. The van der Waals surface area contributed by atoms with Crippen LogP contribution in [0.25, 0.3) is 0 Å². The van der Waals surface area contributed by atoms with E-state index in [1.54, 1.807) is 0 Å². The third kappa shape index (κ3) is 5.85. The van der Waals surface area contributed by atoms with Crippen molar-refractivity contribution < 1.29 is 14.6 Å². The van der Waals surface area contributed by atoms with Crippen molar-refractivity contribution in [1.29, 1.82) is 0 Å². The first kappa shape index (κ1) is 23.3. The Bertz CT molecular complexity index is 887. The van der Waals surface area contributed by atoms with Gasteiger partial charge < -0.3 is 15.6 Å². The zero-order valence-electron chi connectivity index (χ0n) is 19.1. The summed E-state index contributed by atoms with van der Waals surface area (Å²) < 4.78 is 5.82. The highest BCUT2D eigenvalue weighted by molar-refractivity contribution is 5.82. The molecule has 2 aromatic rings. The molecule has 1 aliphatic rings. The number of aliphatic hydroxyl groups is 1. The maximum absolute atomic E-state index is 12.3. The van der Waals surface area contributed by atoms with E-state index >= 15 is 0 Å². The molecule has 3 N–H and O–H groups in total. The number of hydrogen-bond donors (Lipinski definition) is 2. The van der Waals surface area contributed by atoms with Gasteiger partial charge in [0.1, 0.15) is 24.5 Å². The lowest BCUT2D eigenvalue weighted by Gasteiger charge is -2.39. The van der Waals surface area contributed by atoms with Gasteiger partial charge in [0.05, 0.1) is 0 Å².